The topological polar surface area (TPSA) is 61.4 Å². The van der Waals surface area contributed by atoms with Gasteiger partial charge in [-0.1, -0.05) is 19.1 Å². The largest absolute Gasteiger partial charge is 0.481 e. The molecule has 1 heterocycles. The van der Waals surface area contributed by atoms with Gasteiger partial charge in [0.25, 0.3) is 0 Å². The average molecular weight is 266 g/mol. The molecule has 98 valence electrons. The van der Waals surface area contributed by atoms with Gasteiger partial charge in [0, 0.05) is 10.9 Å². The number of hydrogen-bond acceptors (Lipinski definition) is 4. The molecule has 0 amide bonds. The van der Waals surface area contributed by atoms with Crippen molar-refractivity contribution in [1.82, 2.24) is 10.9 Å². The molecule has 0 aliphatic carbocycles. The Labute approximate surface area is 111 Å². The normalized spacial score (nSPS) is 27.3. The van der Waals surface area contributed by atoms with Gasteiger partial charge in [0.05, 0.1) is 12.0 Å². The fraction of sp³-hybridized carbons (Fsp3) is 0.462. The van der Waals surface area contributed by atoms with E-state index >= 15 is 0 Å². The van der Waals surface area contributed by atoms with Crippen LogP contribution in [0.1, 0.15) is 25.5 Å². The van der Waals surface area contributed by atoms with Gasteiger partial charge in [-0.3, -0.25) is 10.2 Å². The summed E-state index contributed by atoms with van der Waals surface area (Å²) >= 11 is 1.78. The summed E-state index contributed by atoms with van der Waals surface area (Å²) in [5.74, 6) is -0.163. The Morgan fingerprint density at radius 1 is 1.33 bits per heavy atom. The Morgan fingerprint density at radius 2 is 2.00 bits per heavy atom. The lowest BCUT2D eigenvalue weighted by atomic mass is 9.90. The fourth-order valence-corrected chi connectivity index (χ4v) is 2.94. The van der Waals surface area contributed by atoms with Crippen molar-refractivity contribution in [3.8, 4) is 0 Å². The van der Waals surface area contributed by atoms with Crippen LogP contribution in [0.15, 0.2) is 29.2 Å². The van der Waals surface area contributed by atoms with Gasteiger partial charge < -0.3 is 5.11 Å². The number of hydrazine groups is 1. The Morgan fingerprint density at radius 3 is 2.56 bits per heavy atom. The summed E-state index contributed by atoms with van der Waals surface area (Å²) in [4.78, 5) is 12.5. The molecule has 5 heteroatoms. The Hall–Kier alpha value is -1.04. The highest BCUT2D eigenvalue weighted by Crippen LogP contribution is 2.30. The molecule has 1 saturated heterocycles. The van der Waals surface area contributed by atoms with Crippen LogP contribution in [0.25, 0.3) is 0 Å². The van der Waals surface area contributed by atoms with Crippen molar-refractivity contribution in [3.05, 3.63) is 29.8 Å². The van der Waals surface area contributed by atoms with Crippen LogP contribution in [0, 0.1) is 5.92 Å². The molecule has 1 aromatic rings. The van der Waals surface area contributed by atoms with E-state index in [0.717, 1.165) is 11.3 Å². The number of benzene rings is 1. The van der Waals surface area contributed by atoms with Gasteiger partial charge in [-0.2, -0.15) is 0 Å². The van der Waals surface area contributed by atoms with E-state index in [1.807, 2.05) is 31.2 Å². The van der Waals surface area contributed by atoms with Crippen molar-refractivity contribution in [1.29, 1.82) is 0 Å². The molecular formula is C13H18N2O2S. The van der Waals surface area contributed by atoms with E-state index in [0.29, 0.717) is 0 Å². The molecule has 0 aromatic heterocycles. The quantitative estimate of drug-likeness (QED) is 0.728. The van der Waals surface area contributed by atoms with Gasteiger partial charge in [0.1, 0.15) is 0 Å². The van der Waals surface area contributed by atoms with Crippen molar-refractivity contribution in [2.75, 3.05) is 5.75 Å². The molecule has 1 aromatic carbocycles. The summed E-state index contributed by atoms with van der Waals surface area (Å²) in [7, 11) is 0. The number of carbonyl (C=O) groups is 1. The van der Waals surface area contributed by atoms with E-state index in [-0.39, 0.29) is 12.1 Å². The highest BCUT2D eigenvalue weighted by atomic mass is 32.2. The third kappa shape index (κ3) is 2.68. The zero-order valence-electron chi connectivity index (χ0n) is 10.5. The van der Waals surface area contributed by atoms with Crippen molar-refractivity contribution in [2.45, 2.75) is 30.8 Å². The first-order chi connectivity index (χ1) is 8.63. The molecule has 0 radical (unpaired) electrons. The smallest absolute Gasteiger partial charge is 0.310 e. The predicted octanol–water partition coefficient (Wildman–Crippen LogP) is 2.04. The molecule has 0 bridgehead atoms. The number of thioether (sulfide) groups is 1. The number of rotatable bonds is 4. The molecule has 3 unspecified atom stereocenters. The van der Waals surface area contributed by atoms with Gasteiger partial charge in [0.15, 0.2) is 0 Å². The molecule has 1 aliphatic rings. The molecule has 1 fully saturated rings. The molecule has 0 saturated carbocycles. The van der Waals surface area contributed by atoms with Crippen LogP contribution in [0.2, 0.25) is 0 Å². The number of nitrogens with one attached hydrogen (secondary N) is 2. The second kappa shape index (κ2) is 5.73. The minimum Gasteiger partial charge on any atom is -0.481 e. The van der Waals surface area contributed by atoms with Crippen molar-refractivity contribution >= 4 is 17.7 Å². The maximum Gasteiger partial charge on any atom is 0.310 e. The van der Waals surface area contributed by atoms with Crippen LogP contribution >= 0.6 is 11.8 Å². The molecule has 1 aliphatic heterocycles. The molecule has 0 spiro atoms. The van der Waals surface area contributed by atoms with Gasteiger partial charge >= 0.3 is 5.97 Å². The maximum atomic E-state index is 11.3. The fourth-order valence-electron chi connectivity index (χ4n) is 2.27. The molecule has 3 atom stereocenters. The summed E-state index contributed by atoms with van der Waals surface area (Å²) in [5, 5.41) is 9.27. The number of aliphatic carboxylic acids is 1. The zero-order chi connectivity index (χ0) is 13.1. The lowest BCUT2D eigenvalue weighted by molar-refractivity contribution is -0.142. The maximum absolute atomic E-state index is 11.3. The van der Waals surface area contributed by atoms with E-state index in [9.17, 15) is 9.90 Å². The van der Waals surface area contributed by atoms with Crippen LogP contribution in [-0.4, -0.2) is 22.9 Å². The lowest BCUT2D eigenvalue weighted by Gasteiger charge is -2.17. The second-order valence-electron chi connectivity index (χ2n) is 4.42. The Balaban J connectivity index is 2.17. The third-order valence-electron chi connectivity index (χ3n) is 3.20. The highest BCUT2D eigenvalue weighted by Gasteiger charge is 2.39. The summed E-state index contributed by atoms with van der Waals surface area (Å²) in [5.41, 5.74) is 7.08. The minimum absolute atomic E-state index is 0.0720. The van der Waals surface area contributed by atoms with E-state index < -0.39 is 11.9 Å². The summed E-state index contributed by atoms with van der Waals surface area (Å²) < 4.78 is 0. The van der Waals surface area contributed by atoms with Crippen molar-refractivity contribution in [3.63, 3.8) is 0 Å². The summed E-state index contributed by atoms with van der Waals surface area (Å²) in [6.45, 7) is 4.00. The van der Waals surface area contributed by atoms with Crippen molar-refractivity contribution < 1.29 is 9.90 Å². The van der Waals surface area contributed by atoms with E-state index in [1.54, 1.807) is 11.8 Å². The number of hydrogen-bond donors (Lipinski definition) is 3. The first kappa shape index (κ1) is 13.4. The molecular weight excluding hydrogens is 248 g/mol. The number of carboxylic acid groups (broad SMARTS) is 1. The molecule has 18 heavy (non-hydrogen) atoms. The predicted molar refractivity (Wildman–Crippen MR) is 72.4 cm³/mol. The SMILES string of the molecule is CCSc1ccc(C2NNC(C)C2C(=O)O)cc1. The zero-order valence-corrected chi connectivity index (χ0v) is 11.3. The minimum atomic E-state index is -0.767. The van der Waals surface area contributed by atoms with Crippen LogP contribution in [0.3, 0.4) is 0 Å². The average Bonchev–Trinajstić information content (AvgIpc) is 2.73. The third-order valence-corrected chi connectivity index (χ3v) is 4.09. The first-order valence-electron chi connectivity index (χ1n) is 6.10. The standard InChI is InChI=1S/C13H18N2O2S/c1-3-18-10-6-4-9(5-7-10)12-11(13(16)17)8(2)14-15-12/h4-8,11-12,14-15H,3H2,1-2H3,(H,16,17). The number of carboxylic acids is 1. The van der Waals surface area contributed by atoms with E-state index in [2.05, 4.69) is 17.8 Å². The van der Waals surface area contributed by atoms with Crippen LogP contribution < -0.4 is 10.9 Å². The van der Waals surface area contributed by atoms with Crippen LogP contribution in [-0.2, 0) is 4.79 Å². The van der Waals surface area contributed by atoms with Gasteiger partial charge in [-0.25, -0.2) is 5.43 Å². The van der Waals surface area contributed by atoms with Crippen LogP contribution in [0.5, 0.6) is 0 Å². The van der Waals surface area contributed by atoms with Crippen molar-refractivity contribution in [2.24, 2.45) is 5.92 Å². The van der Waals surface area contributed by atoms with Gasteiger partial charge in [-0.15, -0.1) is 11.8 Å². The monoisotopic (exact) mass is 266 g/mol. The summed E-state index contributed by atoms with van der Waals surface area (Å²) in [6.07, 6.45) is 0. The van der Waals surface area contributed by atoms with Gasteiger partial charge in [0.2, 0.25) is 0 Å². The Bertz CT molecular complexity index is 422. The Kier molecular flexibility index (Phi) is 4.27. The molecule has 4 nitrogen and oxygen atoms in total. The summed E-state index contributed by atoms with van der Waals surface area (Å²) in [6, 6.07) is 7.87. The van der Waals surface area contributed by atoms with Gasteiger partial charge in [-0.05, 0) is 30.4 Å². The van der Waals surface area contributed by atoms with E-state index in [4.69, 9.17) is 0 Å². The van der Waals surface area contributed by atoms with E-state index in [1.165, 1.54) is 4.90 Å². The first-order valence-corrected chi connectivity index (χ1v) is 7.08. The van der Waals surface area contributed by atoms with Crippen LogP contribution in [0.4, 0.5) is 0 Å². The highest BCUT2D eigenvalue weighted by molar-refractivity contribution is 7.99. The lowest BCUT2D eigenvalue weighted by Crippen LogP contribution is -2.30. The molecule has 3 N–H and O–H groups in total. The second-order valence-corrected chi connectivity index (χ2v) is 5.76. The molecule has 2 rings (SSSR count).